The standard InChI is InChI=1S/C18H21NO2/c19-12-16-10-11-20-18(16)15-6-8-17(9-7-15)21-13-14-4-2-1-3-5-14/h1-9,16,18H,10-13,19H2. The van der Waals surface area contributed by atoms with Crippen molar-refractivity contribution in [2.24, 2.45) is 11.7 Å². The SMILES string of the molecule is NCC1CCOC1c1ccc(OCc2ccccc2)cc1. The molecule has 1 fully saturated rings. The molecule has 0 bridgehead atoms. The van der Waals surface area contributed by atoms with E-state index in [1.165, 1.54) is 11.1 Å². The average Bonchev–Trinajstić information content (AvgIpc) is 3.03. The highest BCUT2D eigenvalue weighted by Crippen LogP contribution is 2.34. The van der Waals surface area contributed by atoms with Gasteiger partial charge in [0.25, 0.3) is 0 Å². The second-order valence-corrected chi connectivity index (χ2v) is 5.42. The fraction of sp³-hybridized carbons (Fsp3) is 0.333. The van der Waals surface area contributed by atoms with Gasteiger partial charge in [-0.2, -0.15) is 0 Å². The van der Waals surface area contributed by atoms with Crippen molar-refractivity contribution in [3.8, 4) is 5.75 Å². The maximum atomic E-state index is 5.80. The summed E-state index contributed by atoms with van der Waals surface area (Å²) in [6.45, 7) is 2.07. The van der Waals surface area contributed by atoms with Crippen molar-refractivity contribution >= 4 is 0 Å². The molecule has 3 nitrogen and oxygen atoms in total. The van der Waals surface area contributed by atoms with Crippen LogP contribution in [-0.2, 0) is 11.3 Å². The molecule has 1 saturated heterocycles. The highest BCUT2D eigenvalue weighted by molar-refractivity contribution is 5.29. The molecule has 1 aliphatic rings. The molecular formula is C18H21NO2. The Morgan fingerprint density at radius 2 is 1.81 bits per heavy atom. The third kappa shape index (κ3) is 3.43. The van der Waals surface area contributed by atoms with E-state index in [0.717, 1.165) is 18.8 Å². The van der Waals surface area contributed by atoms with Gasteiger partial charge in [-0.05, 0) is 36.2 Å². The first-order valence-corrected chi connectivity index (χ1v) is 7.45. The van der Waals surface area contributed by atoms with Gasteiger partial charge in [-0.1, -0.05) is 42.5 Å². The monoisotopic (exact) mass is 283 g/mol. The number of ether oxygens (including phenoxy) is 2. The van der Waals surface area contributed by atoms with Gasteiger partial charge in [-0.3, -0.25) is 0 Å². The normalized spacial score (nSPS) is 21.4. The average molecular weight is 283 g/mol. The fourth-order valence-electron chi connectivity index (χ4n) is 2.74. The molecule has 0 aromatic heterocycles. The Hall–Kier alpha value is -1.84. The second-order valence-electron chi connectivity index (χ2n) is 5.42. The lowest BCUT2D eigenvalue weighted by molar-refractivity contribution is 0.0924. The predicted molar refractivity (Wildman–Crippen MR) is 83.1 cm³/mol. The zero-order valence-corrected chi connectivity index (χ0v) is 12.1. The Morgan fingerprint density at radius 3 is 2.52 bits per heavy atom. The van der Waals surface area contributed by atoms with Crippen LogP contribution in [0.2, 0.25) is 0 Å². The molecular weight excluding hydrogens is 262 g/mol. The van der Waals surface area contributed by atoms with Gasteiger partial charge >= 0.3 is 0 Å². The number of hydrogen-bond donors (Lipinski definition) is 1. The van der Waals surface area contributed by atoms with Crippen LogP contribution in [0.25, 0.3) is 0 Å². The molecule has 2 aromatic carbocycles. The molecule has 0 aliphatic carbocycles. The number of benzene rings is 2. The van der Waals surface area contributed by atoms with Crippen molar-refractivity contribution in [2.45, 2.75) is 19.1 Å². The van der Waals surface area contributed by atoms with E-state index in [2.05, 4.69) is 24.3 Å². The Kier molecular flexibility index (Phi) is 4.53. The molecule has 1 aliphatic heterocycles. The van der Waals surface area contributed by atoms with Crippen LogP contribution in [0.3, 0.4) is 0 Å². The summed E-state index contributed by atoms with van der Waals surface area (Å²) >= 11 is 0. The lowest BCUT2D eigenvalue weighted by Gasteiger charge is -2.17. The van der Waals surface area contributed by atoms with Gasteiger partial charge in [-0.25, -0.2) is 0 Å². The van der Waals surface area contributed by atoms with Crippen LogP contribution in [0, 0.1) is 5.92 Å². The zero-order chi connectivity index (χ0) is 14.5. The van der Waals surface area contributed by atoms with Crippen molar-refractivity contribution in [1.82, 2.24) is 0 Å². The fourth-order valence-corrected chi connectivity index (χ4v) is 2.74. The lowest BCUT2D eigenvalue weighted by atomic mass is 9.95. The van der Waals surface area contributed by atoms with Crippen LogP contribution in [0.4, 0.5) is 0 Å². The van der Waals surface area contributed by atoms with Gasteiger partial charge in [0, 0.05) is 12.5 Å². The van der Waals surface area contributed by atoms with Gasteiger partial charge in [0.15, 0.2) is 0 Å². The van der Waals surface area contributed by atoms with Crippen molar-refractivity contribution in [3.63, 3.8) is 0 Å². The molecule has 3 heteroatoms. The molecule has 2 N–H and O–H groups in total. The molecule has 110 valence electrons. The van der Waals surface area contributed by atoms with Gasteiger partial charge in [0.2, 0.25) is 0 Å². The zero-order valence-electron chi connectivity index (χ0n) is 12.1. The van der Waals surface area contributed by atoms with Gasteiger partial charge in [0.05, 0.1) is 6.10 Å². The van der Waals surface area contributed by atoms with Crippen molar-refractivity contribution < 1.29 is 9.47 Å². The summed E-state index contributed by atoms with van der Waals surface area (Å²) in [5, 5.41) is 0. The van der Waals surface area contributed by atoms with Crippen LogP contribution in [0.1, 0.15) is 23.7 Å². The van der Waals surface area contributed by atoms with Gasteiger partial charge < -0.3 is 15.2 Å². The summed E-state index contributed by atoms with van der Waals surface area (Å²) < 4.78 is 11.6. The maximum Gasteiger partial charge on any atom is 0.119 e. The Labute approximate surface area is 125 Å². The van der Waals surface area contributed by atoms with Crippen LogP contribution in [-0.4, -0.2) is 13.2 Å². The molecule has 0 spiro atoms. The minimum atomic E-state index is 0.137. The first-order chi connectivity index (χ1) is 10.4. The minimum absolute atomic E-state index is 0.137. The Morgan fingerprint density at radius 1 is 1.05 bits per heavy atom. The van der Waals surface area contributed by atoms with Crippen LogP contribution >= 0.6 is 0 Å². The van der Waals surface area contributed by atoms with Gasteiger partial charge in [0.1, 0.15) is 12.4 Å². The quantitative estimate of drug-likeness (QED) is 0.915. The van der Waals surface area contributed by atoms with E-state index in [1.54, 1.807) is 0 Å². The summed E-state index contributed by atoms with van der Waals surface area (Å²) in [6.07, 6.45) is 1.19. The number of rotatable bonds is 5. The first-order valence-electron chi connectivity index (χ1n) is 7.45. The van der Waals surface area contributed by atoms with E-state index in [4.69, 9.17) is 15.2 Å². The topological polar surface area (TPSA) is 44.5 Å². The molecule has 2 unspecified atom stereocenters. The summed E-state index contributed by atoms with van der Waals surface area (Å²) in [5.41, 5.74) is 8.16. The van der Waals surface area contributed by atoms with E-state index >= 15 is 0 Å². The molecule has 0 amide bonds. The molecule has 1 heterocycles. The van der Waals surface area contributed by atoms with Crippen molar-refractivity contribution in [2.75, 3.05) is 13.2 Å². The summed E-state index contributed by atoms with van der Waals surface area (Å²) in [4.78, 5) is 0. The number of hydrogen-bond acceptors (Lipinski definition) is 3. The molecule has 3 rings (SSSR count). The van der Waals surface area contributed by atoms with E-state index in [9.17, 15) is 0 Å². The molecule has 2 aromatic rings. The van der Waals surface area contributed by atoms with E-state index in [-0.39, 0.29) is 6.10 Å². The lowest BCUT2D eigenvalue weighted by Crippen LogP contribution is -2.17. The van der Waals surface area contributed by atoms with Crippen LogP contribution in [0.15, 0.2) is 54.6 Å². The Bertz CT molecular complexity index is 553. The maximum absolute atomic E-state index is 5.80. The smallest absolute Gasteiger partial charge is 0.119 e. The summed E-state index contributed by atoms with van der Waals surface area (Å²) in [5.74, 6) is 1.31. The van der Waals surface area contributed by atoms with E-state index in [0.29, 0.717) is 19.1 Å². The van der Waals surface area contributed by atoms with E-state index in [1.807, 2.05) is 30.3 Å². The first kappa shape index (κ1) is 14.1. The second kappa shape index (κ2) is 6.74. The Balaban J connectivity index is 1.61. The summed E-state index contributed by atoms with van der Waals surface area (Å²) in [6, 6.07) is 18.4. The van der Waals surface area contributed by atoms with Crippen LogP contribution in [0.5, 0.6) is 5.75 Å². The van der Waals surface area contributed by atoms with Crippen molar-refractivity contribution in [3.05, 3.63) is 65.7 Å². The largest absolute Gasteiger partial charge is 0.489 e. The van der Waals surface area contributed by atoms with Crippen LogP contribution < -0.4 is 10.5 Å². The minimum Gasteiger partial charge on any atom is -0.489 e. The van der Waals surface area contributed by atoms with Gasteiger partial charge in [-0.15, -0.1) is 0 Å². The third-order valence-electron chi connectivity index (χ3n) is 3.97. The predicted octanol–water partition coefficient (Wildman–Crippen LogP) is 3.30. The molecule has 0 radical (unpaired) electrons. The van der Waals surface area contributed by atoms with E-state index < -0.39 is 0 Å². The third-order valence-corrected chi connectivity index (χ3v) is 3.97. The summed E-state index contributed by atoms with van der Waals surface area (Å²) in [7, 11) is 0. The highest BCUT2D eigenvalue weighted by Gasteiger charge is 2.28. The molecule has 21 heavy (non-hydrogen) atoms. The molecule has 0 saturated carbocycles. The van der Waals surface area contributed by atoms with Crippen molar-refractivity contribution in [1.29, 1.82) is 0 Å². The highest BCUT2D eigenvalue weighted by atomic mass is 16.5. The number of nitrogens with two attached hydrogens (primary N) is 1. The molecule has 2 atom stereocenters.